The molecule has 6 heteroatoms. The maximum absolute atomic E-state index is 5.43. The fourth-order valence-corrected chi connectivity index (χ4v) is 3.41. The van der Waals surface area contributed by atoms with Crippen LogP contribution in [0.15, 0.2) is 54.9 Å². The molecule has 2 aliphatic heterocycles. The minimum atomic E-state index is 0.290. The van der Waals surface area contributed by atoms with Gasteiger partial charge in [0, 0.05) is 24.8 Å². The van der Waals surface area contributed by atoms with Crippen molar-refractivity contribution in [2.75, 3.05) is 23.6 Å². The quantitative estimate of drug-likeness (QED) is 0.780. The number of nitrogens with one attached hydrogen (secondary N) is 1. The van der Waals surface area contributed by atoms with E-state index < -0.39 is 0 Å². The summed E-state index contributed by atoms with van der Waals surface area (Å²) in [7, 11) is 0. The SMILES string of the molecule is c1ccc2c(c1)CCN2c1cc(NCc2ccc3c(c2)OCO3)ncn1. The zero-order chi connectivity index (χ0) is 17.3. The van der Waals surface area contributed by atoms with Gasteiger partial charge in [0.2, 0.25) is 6.79 Å². The predicted octanol–water partition coefficient (Wildman–Crippen LogP) is 3.51. The van der Waals surface area contributed by atoms with Gasteiger partial charge in [-0.05, 0) is 35.7 Å². The van der Waals surface area contributed by atoms with Crippen LogP contribution in [0.5, 0.6) is 11.5 Å². The maximum atomic E-state index is 5.43. The molecular formula is C20H18N4O2. The Morgan fingerprint density at radius 1 is 1.00 bits per heavy atom. The van der Waals surface area contributed by atoms with Crippen molar-refractivity contribution in [2.24, 2.45) is 0 Å². The monoisotopic (exact) mass is 346 g/mol. The summed E-state index contributed by atoms with van der Waals surface area (Å²) in [5.74, 6) is 3.31. The lowest BCUT2D eigenvalue weighted by Gasteiger charge is -2.18. The molecule has 0 unspecified atom stereocenters. The highest BCUT2D eigenvalue weighted by Crippen LogP contribution is 2.34. The molecule has 1 N–H and O–H groups in total. The number of benzene rings is 2. The summed E-state index contributed by atoms with van der Waals surface area (Å²) in [6, 6.07) is 16.4. The first-order valence-electron chi connectivity index (χ1n) is 8.67. The van der Waals surface area contributed by atoms with Crippen molar-refractivity contribution < 1.29 is 9.47 Å². The van der Waals surface area contributed by atoms with Crippen molar-refractivity contribution in [3.8, 4) is 11.5 Å². The predicted molar refractivity (Wildman–Crippen MR) is 99.1 cm³/mol. The molecule has 0 fully saturated rings. The molecule has 0 spiro atoms. The number of ether oxygens (including phenoxy) is 2. The van der Waals surface area contributed by atoms with E-state index in [9.17, 15) is 0 Å². The average molecular weight is 346 g/mol. The Hall–Kier alpha value is -3.28. The standard InChI is InChI=1S/C20H18N4O2/c1-2-4-16-15(3-1)7-8-24(16)20-10-19(22-12-23-20)21-11-14-5-6-17-18(9-14)26-13-25-17/h1-6,9-10,12H,7-8,11,13H2,(H,21,22,23). The fourth-order valence-electron chi connectivity index (χ4n) is 3.41. The largest absolute Gasteiger partial charge is 0.454 e. The number of para-hydroxylation sites is 1. The molecular weight excluding hydrogens is 328 g/mol. The number of hydrogen-bond donors (Lipinski definition) is 1. The summed E-state index contributed by atoms with van der Waals surface area (Å²) in [5, 5.41) is 3.37. The van der Waals surface area contributed by atoms with Crippen molar-refractivity contribution in [2.45, 2.75) is 13.0 Å². The summed E-state index contributed by atoms with van der Waals surface area (Å²) in [6.45, 7) is 1.89. The topological polar surface area (TPSA) is 59.5 Å². The molecule has 2 aliphatic rings. The van der Waals surface area contributed by atoms with Crippen LogP contribution in [0.25, 0.3) is 0 Å². The molecule has 3 aromatic rings. The molecule has 0 bridgehead atoms. The van der Waals surface area contributed by atoms with E-state index in [1.807, 2.05) is 24.3 Å². The molecule has 5 rings (SSSR count). The van der Waals surface area contributed by atoms with Crippen LogP contribution < -0.4 is 19.7 Å². The third-order valence-electron chi connectivity index (χ3n) is 4.73. The van der Waals surface area contributed by atoms with Crippen LogP contribution >= 0.6 is 0 Å². The summed E-state index contributed by atoms with van der Waals surface area (Å²) in [5.41, 5.74) is 3.70. The van der Waals surface area contributed by atoms with Crippen LogP contribution in [0.4, 0.5) is 17.3 Å². The second-order valence-corrected chi connectivity index (χ2v) is 6.33. The number of nitrogens with zero attached hydrogens (tertiary/aromatic N) is 3. The number of aromatic nitrogens is 2. The molecule has 3 heterocycles. The van der Waals surface area contributed by atoms with Crippen molar-refractivity contribution in [3.63, 3.8) is 0 Å². The highest BCUT2D eigenvalue weighted by molar-refractivity contribution is 5.68. The fraction of sp³-hybridized carbons (Fsp3) is 0.200. The average Bonchev–Trinajstić information content (AvgIpc) is 3.33. The zero-order valence-electron chi connectivity index (χ0n) is 14.2. The Kier molecular flexibility index (Phi) is 3.59. The van der Waals surface area contributed by atoms with Gasteiger partial charge in [-0.2, -0.15) is 0 Å². The Morgan fingerprint density at radius 3 is 2.92 bits per heavy atom. The molecule has 0 atom stereocenters. The van der Waals surface area contributed by atoms with Gasteiger partial charge < -0.3 is 19.7 Å². The van der Waals surface area contributed by atoms with Crippen molar-refractivity contribution >= 4 is 17.3 Å². The minimum absolute atomic E-state index is 0.290. The van der Waals surface area contributed by atoms with E-state index in [1.165, 1.54) is 11.3 Å². The van der Waals surface area contributed by atoms with Gasteiger partial charge in [-0.1, -0.05) is 24.3 Å². The molecule has 26 heavy (non-hydrogen) atoms. The lowest BCUT2D eigenvalue weighted by atomic mass is 10.2. The Morgan fingerprint density at radius 2 is 1.92 bits per heavy atom. The Balaban J connectivity index is 1.33. The molecule has 0 saturated heterocycles. The second kappa shape index (κ2) is 6.22. The van der Waals surface area contributed by atoms with Gasteiger partial charge in [0.1, 0.15) is 18.0 Å². The lowest BCUT2D eigenvalue weighted by Crippen LogP contribution is -2.15. The van der Waals surface area contributed by atoms with E-state index in [1.54, 1.807) is 6.33 Å². The molecule has 1 aromatic heterocycles. The van der Waals surface area contributed by atoms with Crippen molar-refractivity contribution in [1.29, 1.82) is 0 Å². The normalized spacial score (nSPS) is 14.4. The highest BCUT2D eigenvalue weighted by Gasteiger charge is 2.21. The molecule has 0 saturated carbocycles. The van der Waals surface area contributed by atoms with Gasteiger partial charge in [-0.3, -0.25) is 0 Å². The van der Waals surface area contributed by atoms with Gasteiger partial charge in [-0.15, -0.1) is 0 Å². The summed E-state index contributed by atoms with van der Waals surface area (Å²) in [4.78, 5) is 11.0. The minimum Gasteiger partial charge on any atom is -0.454 e. The molecule has 2 aromatic carbocycles. The molecule has 6 nitrogen and oxygen atoms in total. The molecule has 0 amide bonds. The van der Waals surface area contributed by atoms with Gasteiger partial charge >= 0.3 is 0 Å². The summed E-state index contributed by atoms with van der Waals surface area (Å²) in [6.07, 6.45) is 2.65. The number of hydrogen-bond acceptors (Lipinski definition) is 6. The number of fused-ring (bicyclic) bond motifs is 2. The number of anilines is 3. The number of rotatable bonds is 4. The Bertz CT molecular complexity index is 960. The smallest absolute Gasteiger partial charge is 0.231 e. The van der Waals surface area contributed by atoms with E-state index in [0.717, 1.165) is 41.7 Å². The van der Waals surface area contributed by atoms with Gasteiger partial charge in [-0.25, -0.2) is 9.97 Å². The first kappa shape index (κ1) is 15.0. The van der Waals surface area contributed by atoms with E-state index in [-0.39, 0.29) is 0 Å². The Labute approximate surface area is 151 Å². The van der Waals surface area contributed by atoms with Gasteiger partial charge in [0.15, 0.2) is 11.5 Å². The molecule has 0 aliphatic carbocycles. The van der Waals surface area contributed by atoms with Crippen LogP contribution in [0.3, 0.4) is 0 Å². The van der Waals surface area contributed by atoms with Crippen LogP contribution in [-0.2, 0) is 13.0 Å². The van der Waals surface area contributed by atoms with E-state index in [2.05, 4.69) is 44.5 Å². The molecule has 0 radical (unpaired) electrons. The lowest BCUT2D eigenvalue weighted by molar-refractivity contribution is 0.174. The third-order valence-corrected chi connectivity index (χ3v) is 4.73. The van der Waals surface area contributed by atoms with Crippen molar-refractivity contribution in [1.82, 2.24) is 9.97 Å². The molecule has 130 valence electrons. The van der Waals surface area contributed by atoms with Crippen LogP contribution in [-0.4, -0.2) is 23.3 Å². The van der Waals surface area contributed by atoms with Crippen LogP contribution in [0.1, 0.15) is 11.1 Å². The van der Waals surface area contributed by atoms with Crippen LogP contribution in [0, 0.1) is 0 Å². The zero-order valence-corrected chi connectivity index (χ0v) is 14.2. The van der Waals surface area contributed by atoms with Crippen LogP contribution in [0.2, 0.25) is 0 Å². The van der Waals surface area contributed by atoms with E-state index in [4.69, 9.17) is 9.47 Å². The third kappa shape index (κ3) is 2.69. The first-order chi connectivity index (χ1) is 12.9. The first-order valence-corrected chi connectivity index (χ1v) is 8.67. The van der Waals surface area contributed by atoms with E-state index in [0.29, 0.717) is 13.3 Å². The summed E-state index contributed by atoms with van der Waals surface area (Å²) < 4.78 is 10.8. The summed E-state index contributed by atoms with van der Waals surface area (Å²) >= 11 is 0. The van der Waals surface area contributed by atoms with Gasteiger partial charge in [0.05, 0.1) is 0 Å². The highest BCUT2D eigenvalue weighted by atomic mass is 16.7. The van der Waals surface area contributed by atoms with Crippen molar-refractivity contribution in [3.05, 3.63) is 66.0 Å². The maximum Gasteiger partial charge on any atom is 0.231 e. The second-order valence-electron chi connectivity index (χ2n) is 6.33. The van der Waals surface area contributed by atoms with Gasteiger partial charge in [0.25, 0.3) is 0 Å². The van der Waals surface area contributed by atoms with E-state index >= 15 is 0 Å².